The van der Waals surface area contributed by atoms with Crippen LogP contribution in [0.25, 0.3) is 5.69 Å². The van der Waals surface area contributed by atoms with E-state index >= 15 is 0 Å². The van der Waals surface area contributed by atoms with E-state index in [1.54, 1.807) is 29.2 Å². The number of carbonyl (C=O) groups excluding carboxylic acids is 1. The molecule has 0 bridgehead atoms. The number of rotatable bonds is 6. The number of para-hydroxylation sites is 1. The molecule has 1 fully saturated rings. The minimum absolute atomic E-state index is 0.0485. The molecule has 4 rings (SSSR count). The Morgan fingerprint density at radius 2 is 1.83 bits per heavy atom. The summed E-state index contributed by atoms with van der Waals surface area (Å²) in [5.41, 5.74) is 2.35. The second-order valence-corrected chi connectivity index (χ2v) is 6.93. The average Bonchev–Trinajstić information content (AvgIpc) is 3.27. The molecule has 29 heavy (non-hydrogen) atoms. The van der Waals surface area contributed by atoms with Gasteiger partial charge in [0.2, 0.25) is 0 Å². The molecule has 6 nitrogen and oxygen atoms in total. The molecule has 0 aliphatic carbocycles. The summed E-state index contributed by atoms with van der Waals surface area (Å²) in [6, 6.07) is 16.0. The number of ether oxygens (including phenoxy) is 1. The average molecular weight is 394 g/mol. The van der Waals surface area contributed by atoms with Crippen LogP contribution in [0.4, 0.5) is 4.39 Å². The van der Waals surface area contributed by atoms with Gasteiger partial charge in [0.15, 0.2) is 0 Å². The number of benzene rings is 2. The fraction of sp³-hybridized carbons (Fsp3) is 0.273. The van der Waals surface area contributed by atoms with Crippen LogP contribution < -0.4 is 5.32 Å². The molecule has 0 saturated carbocycles. The smallest absolute Gasteiger partial charge is 0.254 e. The Bertz CT molecular complexity index is 937. The molecule has 1 aliphatic rings. The van der Waals surface area contributed by atoms with E-state index in [-0.39, 0.29) is 17.8 Å². The highest BCUT2D eigenvalue weighted by Gasteiger charge is 2.23. The number of hydrogen-bond acceptors (Lipinski definition) is 4. The maximum absolute atomic E-state index is 13.4. The van der Waals surface area contributed by atoms with E-state index in [1.807, 2.05) is 30.3 Å². The number of nitrogens with one attached hydrogen (secondary N) is 1. The molecular formula is C22H23FN4O2. The summed E-state index contributed by atoms with van der Waals surface area (Å²) in [5, 5.41) is 7.29. The van der Waals surface area contributed by atoms with Crippen LogP contribution in [0, 0.1) is 5.82 Å². The molecule has 1 N–H and O–H groups in total. The molecule has 0 radical (unpaired) electrons. The van der Waals surface area contributed by atoms with Gasteiger partial charge < -0.3 is 10.1 Å². The summed E-state index contributed by atoms with van der Waals surface area (Å²) >= 11 is 0. The first-order valence-electron chi connectivity index (χ1n) is 9.66. The van der Waals surface area contributed by atoms with Crippen molar-refractivity contribution < 1.29 is 13.9 Å². The molecule has 1 amide bonds. The van der Waals surface area contributed by atoms with E-state index in [9.17, 15) is 9.18 Å². The van der Waals surface area contributed by atoms with Crippen LogP contribution in [-0.2, 0) is 4.74 Å². The Hall–Kier alpha value is -3.03. The quantitative estimate of drug-likeness (QED) is 0.699. The van der Waals surface area contributed by atoms with Crippen LogP contribution in [0.1, 0.15) is 22.0 Å². The SMILES string of the molecule is O=C(NC[C@H](c1ccc(F)cc1)N1CCOCC1)c1cnn(-c2ccccc2)c1. The first-order valence-corrected chi connectivity index (χ1v) is 9.66. The van der Waals surface area contributed by atoms with Crippen molar-refractivity contribution in [2.24, 2.45) is 0 Å². The van der Waals surface area contributed by atoms with Gasteiger partial charge in [0.05, 0.1) is 36.7 Å². The number of hydrogen-bond donors (Lipinski definition) is 1. The summed E-state index contributed by atoms with van der Waals surface area (Å²) in [7, 11) is 0. The Kier molecular flexibility index (Phi) is 5.97. The lowest BCUT2D eigenvalue weighted by molar-refractivity contribution is 0.0162. The first kappa shape index (κ1) is 19.3. The van der Waals surface area contributed by atoms with Gasteiger partial charge in [-0.2, -0.15) is 5.10 Å². The van der Waals surface area contributed by atoms with Gasteiger partial charge in [-0.05, 0) is 29.8 Å². The minimum Gasteiger partial charge on any atom is -0.379 e. The second kappa shape index (κ2) is 8.98. The molecule has 3 aromatic rings. The zero-order chi connectivity index (χ0) is 20.1. The Morgan fingerprint density at radius 1 is 1.10 bits per heavy atom. The molecule has 7 heteroatoms. The highest BCUT2D eigenvalue weighted by molar-refractivity contribution is 5.93. The summed E-state index contributed by atoms with van der Waals surface area (Å²) in [6.45, 7) is 3.25. The second-order valence-electron chi connectivity index (χ2n) is 6.93. The zero-order valence-electron chi connectivity index (χ0n) is 16.0. The van der Waals surface area contributed by atoms with Crippen LogP contribution in [-0.4, -0.2) is 53.4 Å². The van der Waals surface area contributed by atoms with Gasteiger partial charge in [-0.3, -0.25) is 9.69 Å². The third kappa shape index (κ3) is 4.70. The molecule has 1 aliphatic heterocycles. The molecule has 0 spiro atoms. The van der Waals surface area contributed by atoms with Crippen molar-refractivity contribution in [3.8, 4) is 5.69 Å². The minimum atomic E-state index is -0.271. The first-order chi connectivity index (χ1) is 14.2. The van der Waals surface area contributed by atoms with E-state index < -0.39 is 0 Å². The fourth-order valence-corrected chi connectivity index (χ4v) is 3.49. The molecule has 150 valence electrons. The Morgan fingerprint density at radius 3 is 2.55 bits per heavy atom. The van der Waals surface area contributed by atoms with E-state index in [0.717, 1.165) is 24.3 Å². The van der Waals surface area contributed by atoms with Crippen molar-refractivity contribution in [2.45, 2.75) is 6.04 Å². The normalized spacial score (nSPS) is 15.8. The van der Waals surface area contributed by atoms with Gasteiger partial charge in [0.25, 0.3) is 5.91 Å². The lowest BCUT2D eigenvalue weighted by Crippen LogP contribution is -2.43. The zero-order valence-corrected chi connectivity index (χ0v) is 16.0. The van der Waals surface area contributed by atoms with Gasteiger partial charge in [-0.15, -0.1) is 0 Å². The van der Waals surface area contributed by atoms with Gasteiger partial charge in [0, 0.05) is 25.8 Å². The van der Waals surface area contributed by atoms with Gasteiger partial charge in [-0.25, -0.2) is 9.07 Å². The number of aromatic nitrogens is 2. The summed E-state index contributed by atoms with van der Waals surface area (Å²) in [5.74, 6) is -0.459. The van der Waals surface area contributed by atoms with Gasteiger partial charge in [0.1, 0.15) is 5.82 Å². The number of nitrogens with zero attached hydrogens (tertiary/aromatic N) is 3. The molecule has 1 aromatic heterocycles. The molecule has 2 heterocycles. The van der Waals surface area contributed by atoms with E-state index in [1.165, 1.54) is 12.1 Å². The fourth-order valence-electron chi connectivity index (χ4n) is 3.49. The number of carbonyl (C=O) groups is 1. The molecule has 0 unspecified atom stereocenters. The largest absolute Gasteiger partial charge is 0.379 e. The highest BCUT2D eigenvalue weighted by Crippen LogP contribution is 2.22. The predicted octanol–water partition coefficient (Wildman–Crippen LogP) is 2.81. The van der Waals surface area contributed by atoms with Crippen molar-refractivity contribution in [1.82, 2.24) is 20.0 Å². The van der Waals surface area contributed by atoms with Crippen LogP contribution >= 0.6 is 0 Å². The van der Waals surface area contributed by atoms with E-state index in [0.29, 0.717) is 25.3 Å². The van der Waals surface area contributed by atoms with Crippen LogP contribution in [0.5, 0.6) is 0 Å². The summed E-state index contributed by atoms with van der Waals surface area (Å²) < 4.78 is 20.5. The van der Waals surface area contributed by atoms with Crippen LogP contribution in [0.3, 0.4) is 0 Å². The molecule has 1 atom stereocenters. The van der Waals surface area contributed by atoms with Gasteiger partial charge >= 0.3 is 0 Å². The third-order valence-corrected chi connectivity index (χ3v) is 5.06. The van der Waals surface area contributed by atoms with Crippen molar-refractivity contribution >= 4 is 5.91 Å². The van der Waals surface area contributed by atoms with Crippen molar-refractivity contribution in [3.63, 3.8) is 0 Å². The van der Waals surface area contributed by atoms with Gasteiger partial charge in [-0.1, -0.05) is 30.3 Å². The highest BCUT2D eigenvalue weighted by atomic mass is 19.1. The van der Waals surface area contributed by atoms with E-state index in [4.69, 9.17) is 4.74 Å². The Balaban J connectivity index is 1.46. The van der Waals surface area contributed by atoms with Crippen LogP contribution in [0.15, 0.2) is 67.0 Å². The molecule has 1 saturated heterocycles. The van der Waals surface area contributed by atoms with Crippen LogP contribution in [0.2, 0.25) is 0 Å². The maximum atomic E-state index is 13.4. The lowest BCUT2D eigenvalue weighted by atomic mass is 10.0. The number of amides is 1. The topological polar surface area (TPSA) is 59.4 Å². The maximum Gasteiger partial charge on any atom is 0.254 e. The number of halogens is 1. The molecular weight excluding hydrogens is 371 g/mol. The monoisotopic (exact) mass is 394 g/mol. The van der Waals surface area contributed by atoms with Crippen molar-refractivity contribution in [3.05, 3.63) is 83.9 Å². The summed E-state index contributed by atoms with van der Waals surface area (Å²) in [6.07, 6.45) is 3.27. The van der Waals surface area contributed by atoms with Crippen molar-refractivity contribution in [1.29, 1.82) is 0 Å². The Labute approximate surface area is 168 Å². The lowest BCUT2D eigenvalue weighted by Gasteiger charge is -2.34. The third-order valence-electron chi connectivity index (χ3n) is 5.06. The molecule has 2 aromatic carbocycles. The van der Waals surface area contributed by atoms with E-state index in [2.05, 4.69) is 15.3 Å². The number of morpholine rings is 1. The predicted molar refractivity (Wildman–Crippen MR) is 107 cm³/mol. The van der Waals surface area contributed by atoms with Crippen molar-refractivity contribution in [2.75, 3.05) is 32.8 Å². The standard InChI is InChI=1S/C22H23FN4O2/c23-19-8-6-17(7-9-19)21(26-10-12-29-13-11-26)15-24-22(28)18-14-25-27(16-18)20-4-2-1-3-5-20/h1-9,14,16,21H,10-13,15H2,(H,24,28)/t21-/m1/s1. The summed E-state index contributed by atoms with van der Waals surface area (Å²) in [4.78, 5) is 14.9.